The number of nitrogen functional groups attached to an aromatic ring is 1. The van der Waals surface area contributed by atoms with Crippen molar-refractivity contribution in [1.82, 2.24) is 10.2 Å². The molecule has 1 amide bonds. The fourth-order valence-electron chi connectivity index (χ4n) is 2.48. The van der Waals surface area contributed by atoms with Gasteiger partial charge in [0.1, 0.15) is 0 Å². The van der Waals surface area contributed by atoms with Gasteiger partial charge in [0, 0.05) is 17.8 Å². The highest BCUT2D eigenvalue weighted by atomic mass is 35.5. The Morgan fingerprint density at radius 3 is 2.55 bits per heavy atom. The lowest BCUT2D eigenvalue weighted by Crippen LogP contribution is -2.57. The molecule has 0 aromatic heterocycles. The van der Waals surface area contributed by atoms with Crippen molar-refractivity contribution < 1.29 is 4.79 Å². The molecule has 1 aliphatic carbocycles. The highest BCUT2D eigenvalue weighted by Gasteiger charge is 2.39. The highest BCUT2D eigenvalue weighted by Crippen LogP contribution is 2.35. The molecule has 0 atom stereocenters. The number of nitrogens with two attached hydrogens (primary N) is 1. The van der Waals surface area contributed by atoms with Crippen LogP contribution in [0.5, 0.6) is 0 Å². The van der Waals surface area contributed by atoms with Gasteiger partial charge < -0.3 is 16.0 Å². The molecule has 0 spiro atoms. The van der Waals surface area contributed by atoms with Crippen molar-refractivity contribution in [3.8, 4) is 0 Å². The number of carbonyl (C=O) groups is 1. The van der Waals surface area contributed by atoms with Crippen LogP contribution in [0.3, 0.4) is 0 Å². The summed E-state index contributed by atoms with van der Waals surface area (Å²) >= 11 is 12.0. The Labute approximate surface area is 129 Å². The van der Waals surface area contributed by atoms with Gasteiger partial charge in [0.2, 0.25) is 0 Å². The van der Waals surface area contributed by atoms with Gasteiger partial charge in [-0.05, 0) is 45.5 Å². The molecule has 0 saturated heterocycles. The lowest BCUT2D eigenvalue weighted by atomic mass is 9.75. The van der Waals surface area contributed by atoms with Crippen LogP contribution in [0, 0.1) is 0 Å². The first kappa shape index (κ1) is 15.4. The zero-order valence-corrected chi connectivity index (χ0v) is 13.2. The predicted molar refractivity (Wildman–Crippen MR) is 83.5 cm³/mol. The summed E-state index contributed by atoms with van der Waals surface area (Å²) in [5.41, 5.74) is 6.51. The summed E-state index contributed by atoms with van der Waals surface area (Å²) in [5, 5.41) is 3.47. The minimum absolute atomic E-state index is 0.0618. The molecular formula is C14H19Cl2N3O. The normalized spacial score (nSPS) is 16.9. The van der Waals surface area contributed by atoms with E-state index in [2.05, 4.69) is 10.2 Å². The molecule has 1 aromatic rings. The van der Waals surface area contributed by atoms with E-state index < -0.39 is 0 Å². The second-order valence-corrected chi connectivity index (χ2v) is 6.30. The number of amides is 1. The summed E-state index contributed by atoms with van der Waals surface area (Å²) in [6, 6.07) is 3.08. The van der Waals surface area contributed by atoms with Crippen molar-refractivity contribution in [3.05, 3.63) is 27.7 Å². The summed E-state index contributed by atoms with van der Waals surface area (Å²) in [5.74, 6) is -0.239. The Hall–Kier alpha value is -0.970. The van der Waals surface area contributed by atoms with Crippen LogP contribution in [0.1, 0.15) is 29.6 Å². The smallest absolute Gasteiger partial charge is 0.252 e. The summed E-state index contributed by atoms with van der Waals surface area (Å²) in [6.45, 7) is 0.599. The lowest BCUT2D eigenvalue weighted by molar-refractivity contribution is 0.0557. The number of hydrogen-bond donors (Lipinski definition) is 2. The van der Waals surface area contributed by atoms with E-state index in [1.165, 1.54) is 12.5 Å². The number of hydrogen-bond acceptors (Lipinski definition) is 3. The first-order valence-electron chi connectivity index (χ1n) is 6.56. The van der Waals surface area contributed by atoms with E-state index in [4.69, 9.17) is 28.9 Å². The molecule has 20 heavy (non-hydrogen) atoms. The Balaban J connectivity index is 2.09. The first-order chi connectivity index (χ1) is 9.35. The summed E-state index contributed by atoms with van der Waals surface area (Å²) in [6.07, 6.45) is 3.37. The number of halogens is 2. The molecule has 0 radical (unpaired) electrons. The third-order valence-corrected chi connectivity index (χ3v) is 4.91. The van der Waals surface area contributed by atoms with Crippen LogP contribution in [0.4, 0.5) is 5.69 Å². The predicted octanol–water partition coefficient (Wildman–Crippen LogP) is 2.79. The maximum absolute atomic E-state index is 12.3. The average Bonchev–Trinajstić information content (AvgIpc) is 2.31. The van der Waals surface area contributed by atoms with E-state index in [-0.39, 0.29) is 16.5 Å². The van der Waals surface area contributed by atoms with Gasteiger partial charge in [0.25, 0.3) is 5.91 Å². The van der Waals surface area contributed by atoms with E-state index in [1.54, 1.807) is 6.07 Å². The topological polar surface area (TPSA) is 58.4 Å². The van der Waals surface area contributed by atoms with E-state index in [0.717, 1.165) is 12.8 Å². The number of carbonyl (C=O) groups excluding carboxylic acids is 1. The first-order valence-corrected chi connectivity index (χ1v) is 7.31. The van der Waals surface area contributed by atoms with Gasteiger partial charge >= 0.3 is 0 Å². The molecule has 1 aliphatic rings. The van der Waals surface area contributed by atoms with Crippen LogP contribution in [0.15, 0.2) is 12.1 Å². The Kier molecular flexibility index (Phi) is 4.47. The van der Waals surface area contributed by atoms with Crippen molar-refractivity contribution >= 4 is 34.8 Å². The third-order valence-electron chi connectivity index (χ3n) is 4.11. The van der Waals surface area contributed by atoms with Crippen LogP contribution in [0.25, 0.3) is 0 Å². The molecule has 1 aromatic carbocycles. The van der Waals surface area contributed by atoms with Crippen molar-refractivity contribution in [3.63, 3.8) is 0 Å². The maximum atomic E-state index is 12.3. The summed E-state index contributed by atoms with van der Waals surface area (Å²) < 4.78 is 0. The summed E-state index contributed by atoms with van der Waals surface area (Å²) in [4.78, 5) is 14.4. The molecule has 1 fully saturated rings. The quantitative estimate of drug-likeness (QED) is 0.840. The van der Waals surface area contributed by atoms with Gasteiger partial charge in [0.05, 0.1) is 15.6 Å². The lowest BCUT2D eigenvalue weighted by Gasteiger charge is -2.47. The Morgan fingerprint density at radius 1 is 1.40 bits per heavy atom. The molecule has 1 saturated carbocycles. The zero-order valence-electron chi connectivity index (χ0n) is 11.7. The minimum atomic E-state index is -0.239. The molecule has 4 nitrogen and oxygen atoms in total. The maximum Gasteiger partial charge on any atom is 0.252 e. The standard InChI is InChI=1S/C14H19Cl2N3O/c1-19(2)14(4-3-5-14)8-18-13(20)10-6-9(17)7-11(15)12(10)16/h6-7H,3-5,8,17H2,1-2H3,(H,18,20). The van der Waals surface area contributed by atoms with E-state index in [1.807, 2.05) is 14.1 Å². The molecule has 0 bridgehead atoms. The second-order valence-electron chi connectivity index (χ2n) is 5.52. The Morgan fingerprint density at radius 2 is 2.05 bits per heavy atom. The van der Waals surface area contributed by atoms with Crippen LogP contribution >= 0.6 is 23.2 Å². The molecule has 110 valence electrons. The van der Waals surface area contributed by atoms with E-state index in [9.17, 15) is 4.79 Å². The van der Waals surface area contributed by atoms with Gasteiger partial charge in [-0.2, -0.15) is 0 Å². The minimum Gasteiger partial charge on any atom is -0.399 e. The van der Waals surface area contributed by atoms with Gasteiger partial charge in [-0.25, -0.2) is 0 Å². The molecule has 0 unspecified atom stereocenters. The zero-order chi connectivity index (χ0) is 14.9. The van der Waals surface area contributed by atoms with Gasteiger partial charge in [-0.1, -0.05) is 23.2 Å². The highest BCUT2D eigenvalue weighted by molar-refractivity contribution is 6.44. The van der Waals surface area contributed by atoms with Crippen molar-refractivity contribution in [2.24, 2.45) is 0 Å². The Bertz CT molecular complexity index is 527. The number of benzene rings is 1. The monoisotopic (exact) mass is 315 g/mol. The molecule has 6 heteroatoms. The van der Waals surface area contributed by atoms with Crippen LogP contribution < -0.4 is 11.1 Å². The number of rotatable bonds is 4. The third kappa shape index (κ3) is 2.87. The molecule has 3 N–H and O–H groups in total. The fraction of sp³-hybridized carbons (Fsp3) is 0.500. The summed E-state index contributed by atoms with van der Waals surface area (Å²) in [7, 11) is 4.07. The van der Waals surface area contributed by atoms with Crippen LogP contribution in [0.2, 0.25) is 10.0 Å². The number of nitrogens with one attached hydrogen (secondary N) is 1. The van der Waals surface area contributed by atoms with Gasteiger partial charge in [-0.15, -0.1) is 0 Å². The van der Waals surface area contributed by atoms with Crippen molar-refractivity contribution in [1.29, 1.82) is 0 Å². The van der Waals surface area contributed by atoms with Crippen molar-refractivity contribution in [2.75, 3.05) is 26.4 Å². The molecule has 0 heterocycles. The SMILES string of the molecule is CN(C)C1(CNC(=O)c2cc(N)cc(Cl)c2Cl)CCC1. The number of nitrogens with zero attached hydrogens (tertiary/aromatic N) is 1. The number of likely N-dealkylation sites (N-methyl/N-ethyl adjacent to an activating group) is 1. The fourth-order valence-corrected chi connectivity index (χ4v) is 2.91. The van der Waals surface area contributed by atoms with Gasteiger partial charge in [-0.3, -0.25) is 4.79 Å². The largest absolute Gasteiger partial charge is 0.399 e. The molecule has 0 aliphatic heterocycles. The van der Waals surface area contributed by atoms with Gasteiger partial charge in [0.15, 0.2) is 0 Å². The van der Waals surface area contributed by atoms with Crippen LogP contribution in [-0.4, -0.2) is 37.0 Å². The van der Waals surface area contributed by atoms with E-state index >= 15 is 0 Å². The van der Waals surface area contributed by atoms with E-state index in [0.29, 0.717) is 22.8 Å². The second kappa shape index (κ2) is 5.80. The molecule has 2 rings (SSSR count). The molecular weight excluding hydrogens is 297 g/mol. The van der Waals surface area contributed by atoms with Crippen LogP contribution in [-0.2, 0) is 0 Å². The van der Waals surface area contributed by atoms with Crippen molar-refractivity contribution in [2.45, 2.75) is 24.8 Å². The number of anilines is 1. The average molecular weight is 316 g/mol.